The van der Waals surface area contributed by atoms with Gasteiger partial charge in [0.15, 0.2) is 5.82 Å². The molecule has 2 aromatic rings. The zero-order chi connectivity index (χ0) is 15.3. The average Bonchev–Trinajstić information content (AvgIpc) is 2.95. The first kappa shape index (κ1) is 15.6. The summed E-state index contributed by atoms with van der Waals surface area (Å²) in [6, 6.07) is 9.60. The van der Waals surface area contributed by atoms with E-state index in [0.29, 0.717) is 24.6 Å². The lowest BCUT2D eigenvalue weighted by molar-refractivity contribution is 0.0349. The minimum atomic E-state index is -0.602. The van der Waals surface area contributed by atoms with Crippen molar-refractivity contribution in [3.63, 3.8) is 0 Å². The Balaban J connectivity index is 2.29. The molecule has 0 saturated carbocycles. The summed E-state index contributed by atoms with van der Waals surface area (Å²) in [6.45, 7) is 3.95. The molecule has 0 aliphatic rings. The molecule has 0 aliphatic carbocycles. The van der Waals surface area contributed by atoms with Crippen LogP contribution in [0.2, 0.25) is 0 Å². The number of aromatic nitrogens is 4. The number of aliphatic hydroxyl groups is 2. The predicted octanol–water partition coefficient (Wildman–Crippen LogP) is 1.22. The minimum absolute atomic E-state index is 0.0939. The van der Waals surface area contributed by atoms with Crippen molar-refractivity contribution >= 4 is 0 Å². The number of hydrogen-bond acceptors (Lipinski definition) is 5. The SMILES string of the molecule is CC(C)CC(CO)(CO)Cc1nnnn1-c1ccccc1. The van der Waals surface area contributed by atoms with E-state index in [2.05, 4.69) is 29.4 Å². The van der Waals surface area contributed by atoms with Gasteiger partial charge in [0.25, 0.3) is 0 Å². The Morgan fingerprint density at radius 1 is 1.14 bits per heavy atom. The van der Waals surface area contributed by atoms with Gasteiger partial charge >= 0.3 is 0 Å². The molecule has 1 heterocycles. The Hall–Kier alpha value is -1.79. The zero-order valence-electron chi connectivity index (χ0n) is 12.5. The molecule has 0 unspecified atom stereocenters. The van der Waals surface area contributed by atoms with E-state index in [9.17, 15) is 10.2 Å². The van der Waals surface area contributed by atoms with E-state index in [1.807, 2.05) is 30.3 Å². The van der Waals surface area contributed by atoms with E-state index in [1.165, 1.54) is 0 Å². The molecule has 0 saturated heterocycles. The smallest absolute Gasteiger partial charge is 0.157 e. The highest BCUT2D eigenvalue weighted by molar-refractivity contribution is 5.30. The molecule has 0 fully saturated rings. The third-order valence-electron chi connectivity index (χ3n) is 3.58. The van der Waals surface area contributed by atoms with Crippen LogP contribution in [0.25, 0.3) is 5.69 Å². The van der Waals surface area contributed by atoms with E-state index < -0.39 is 5.41 Å². The van der Waals surface area contributed by atoms with Crippen molar-refractivity contribution in [3.8, 4) is 5.69 Å². The normalized spacial score (nSPS) is 12.0. The molecule has 1 aromatic carbocycles. The molecule has 0 spiro atoms. The number of nitrogens with zero attached hydrogens (tertiary/aromatic N) is 4. The van der Waals surface area contributed by atoms with Gasteiger partial charge in [-0.1, -0.05) is 32.0 Å². The van der Waals surface area contributed by atoms with Crippen LogP contribution in [0.5, 0.6) is 0 Å². The quantitative estimate of drug-likeness (QED) is 0.801. The van der Waals surface area contributed by atoms with Gasteiger partial charge in [0.05, 0.1) is 18.9 Å². The van der Waals surface area contributed by atoms with Crippen molar-refractivity contribution in [2.24, 2.45) is 11.3 Å². The maximum atomic E-state index is 9.75. The number of aliphatic hydroxyl groups excluding tert-OH is 2. The molecular formula is C15H22N4O2. The second-order valence-corrected chi connectivity index (χ2v) is 5.93. The average molecular weight is 290 g/mol. The lowest BCUT2D eigenvalue weighted by atomic mass is 9.78. The van der Waals surface area contributed by atoms with Crippen molar-refractivity contribution in [2.75, 3.05) is 13.2 Å². The first-order chi connectivity index (χ1) is 10.1. The molecule has 2 rings (SSSR count). The molecule has 1 aromatic heterocycles. The molecular weight excluding hydrogens is 268 g/mol. The molecule has 0 radical (unpaired) electrons. The molecule has 6 heteroatoms. The van der Waals surface area contributed by atoms with Gasteiger partial charge in [-0.3, -0.25) is 0 Å². The van der Waals surface area contributed by atoms with Crippen LogP contribution in [0.15, 0.2) is 30.3 Å². The third-order valence-corrected chi connectivity index (χ3v) is 3.58. The standard InChI is InChI=1S/C15H22N4O2/c1-12(2)8-15(10-20,11-21)9-14-16-17-18-19(14)13-6-4-3-5-7-13/h3-7,12,20-21H,8-11H2,1-2H3. The molecule has 0 bridgehead atoms. The van der Waals surface area contributed by atoms with Crippen LogP contribution in [0.3, 0.4) is 0 Å². The van der Waals surface area contributed by atoms with Crippen LogP contribution in [0.1, 0.15) is 26.1 Å². The van der Waals surface area contributed by atoms with Gasteiger partial charge < -0.3 is 10.2 Å². The Bertz CT molecular complexity index is 550. The minimum Gasteiger partial charge on any atom is -0.396 e. The molecule has 0 atom stereocenters. The molecule has 0 aliphatic heterocycles. The van der Waals surface area contributed by atoms with E-state index in [1.54, 1.807) is 4.68 Å². The summed E-state index contributed by atoms with van der Waals surface area (Å²) in [6.07, 6.45) is 1.14. The number of rotatable bonds is 7. The fraction of sp³-hybridized carbons (Fsp3) is 0.533. The van der Waals surface area contributed by atoms with Gasteiger partial charge in [0.1, 0.15) is 0 Å². The lowest BCUT2D eigenvalue weighted by Crippen LogP contribution is -2.35. The molecule has 21 heavy (non-hydrogen) atoms. The molecule has 6 nitrogen and oxygen atoms in total. The molecule has 0 amide bonds. The van der Waals surface area contributed by atoms with Crippen molar-refractivity contribution < 1.29 is 10.2 Å². The zero-order valence-corrected chi connectivity index (χ0v) is 12.5. The van der Waals surface area contributed by atoms with E-state index in [4.69, 9.17) is 0 Å². The Labute approximate surface area is 124 Å². The lowest BCUT2D eigenvalue weighted by Gasteiger charge is -2.30. The van der Waals surface area contributed by atoms with E-state index in [-0.39, 0.29) is 13.2 Å². The summed E-state index contributed by atoms with van der Waals surface area (Å²) < 4.78 is 1.65. The summed E-state index contributed by atoms with van der Waals surface area (Å²) in [5.74, 6) is 1.01. The third kappa shape index (κ3) is 3.65. The van der Waals surface area contributed by atoms with Crippen LogP contribution >= 0.6 is 0 Å². The second kappa shape index (κ2) is 6.78. The molecule has 114 valence electrons. The van der Waals surface area contributed by atoms with Crippen molar-refractivity contribution in [1.29, 1.82) is 0 Å². The maximum Gasteiger partial charge on any atom is 0.157 e. The van der Waals surface area contributed by atoms with Crippen molar-refractivity contribution in [2.45, 2.75) is 26.7 Å². The van der Waals surface area contributed by atoms with Crippen LogP contribution in [-0.4, -0.2) is 43.6 Å². The first-order valence-corrected chi connectivity index (χ1v) is 7.14. The Morgan fingerprint density at radius 3 is 2.38 bits per heavy atom. The first-order valence-electron chi connectivity index (χ1n) is 7.14. The highest BCUT2D eigenvalue weighted by Crippen LogP contribution is 2.29. The van der Waals surface area contributed by atoms with Crippen LogP contribution in [0.4, 0.5) is 0 Å². The van der Waals surface area contributed by atoms with Gasteiger partial charge in [-0.15, -0.1) is 5.10 Å². The van der Waals surface area contributed by atoms with E-state index >= 15 is 0 Å². The maximum absolute atomic E-state index is 9.75. The van der Waals surface area contributed by atoms with Crippen LogP contribution in [0, 0.1) is 11.3 Å². The fourth-order valence-corrected chi connectivity index (χ4v) is 2.65. The number of tetrazole rings is 1. The van der Waals surface area contributed by atoms with Crippen molar-refractivity contribution in [3.05, 3.63) is 36.2 Å². The summed E-state index contributed by atoms with van der Waals surface area (Å²) >= 11 is 0. The monoisotopic (exact) mass is 290 g/mol. The van der Waals surface area contributed by atoms with Crippen LogP contribution < -0.4 is 0 Å². The predicted molar refractivity (Wildman–Crippen MR) is 78.9 cm³/mol. The second-order valence-electron chi connectivity index (χ2n) is 5.93. The van der Waals surface area contributed by atoms with E-state index in [0.717, 1.165) is 5.69 Å². The Morgan fingerprint density at radius 2 is 1.81 bits per heavy atom. The Kier molecular flexibility index (Phi) is 5.03. The number of hydrogen-bond donors (Lipinski definition) is 2. The highest BCUT2D eigenvalue weighted by atomic mass is 16.3. The van der Waals surface area contributed by atoms with Gasteiger partial charge in [-0.2, -0.15) is 4.68 Å². The number of para-hydroxylation sites is 1. The highest BCUT2D eigenvalue weighted by Gasteiger charge is 2.32. The summed E-state index contributed by atoms with van der Waals surface area (Å²) in [4.78, 5) is 0. The van der Waals surface area contributed by atoms with Crippen molar-refractivity contribution in [1.82, 2.24) is 20.2 Å². The van der Waals surface area contributed by atoms with Crippen LogP contribution in [-0.2, 0) is 6.42 Å². The summed E-state index contributed by atoms with van der Waals surface area (Å²) in [5.41, 5.74) is 0.266. The number of benzene rings is 1. The topological polar surface area (TPSA) is 84.1 Å². The van der Waals surface area contributed by atoms with Gasteiger partial charge in [0, 0.05) is 11.8 Å². The van der Waals surface area contributed by atoms with Gasteiger partial charge in [0.2, 0.25) is 0 Å². The van der Waals surface area contributed by atoms with Gasteiger partial charge in [-0.25, -0.2) is 0 Å². The fourth-order valence-electron chi connectivity index (χ4n) is 2.65. The summed E-state index contributed by atoms with van der Waals surface area (Å²) in [5, 5.41) is 31.3. The summed E-state index contributed by atoms with van der Waals surface area (Å²) in [7, 11) is 0. The largest absolute Gasteiger partial charge is 0.396 e. The van der Waals surface area contributed by atoms with Gasteiger partial charge in [-0.05, 0) is 34.9 Å². The molecule has 2 N–H and O–H groups in total.